The molecule has 2 heterocycles. The fourth-order valence-corrected chi connectivity index (χ4v) is 3.08. The number of alkyl halides is 3. The number of thioether (sulfide) groups is 1. The third-order valence-electron chi connectivity index (χ3n) is 4.35. The first-order valence-corrected chi connectivity index (χ1v) is 11.6. The fourth-order valence-electron chi connectivity index (χ4n) is 2.65. The average molecular weight is 495 g/mol. The van der Waals surface area contributed by atoms with Crippen molar-refractivity contribution < 1.29 is 32.7 Å². The molecule has 0 atom stereocenters. The molecule has 0 unspecified atom stereocenters. The molecule has 0 aliphatic carbocycles. The van der Waals surface area contributed by atoms with Crippen LogP contribution < -0.4 is 16.0 Å². The molecule has 1 aliphatic rings. The Labute approximate surface area is 194 Å². The van der Waals surface area contributed by atoms with Crippen molar-refractivity contribution in [3.8, 4) is 0 Å². The second-order valence-corrected chi connectivity index (χ2v) is 8.25. The smallest absolute Gasteiger partial charge is 0.475 e. The molecule has 1 aromatic heterocycles. The minimum Gasteiger partial charge on any atom is -0.475 e. The third kappa shape index (κ3) is 10.2. The van der Waals surface area contributed by atoms with Gasteiger partial charge < -0.3 is 20.6 Å². The lowest BCUT2D eigenvalue weighted by atomic mass is 10.0. The number of piperazine rings is 1. The van der Waals surface area contributed by atoms with Crippen LogP contribution in [0.25, 0.3) is 0 Å². The Balaban J connectivity index is 0.000000675. The van der Waals surface area contributed by atoms with Gasteiger partial charge in [0.15, 0.2) is 11.5 Å². The number of carbonyl (C=O) groups excluding carboxylic acids is 2. The second-order valence-electron chi connectivity index (χ2n) is 7.26. The van der Waals surface area contributed by atoms with E-state index in [-0.39, 0.29) is 17.9 Å². The number of aromatic nitrogens is 2. The van der Waals surface area contributed by atoms with Crippen LogP contribution in [0.5, 0.6) is 0 Å². The van der Waals surface area contributed by atoms with Gasteiger partial charge in [-0.1, -0.05) is 13.8 Å². The Hall–Kier alpha value is -2.61. The minimum absolute atomic E-state index is 0.104. The molecule has 14 heteroatoms. The normalized spacial score (nSPS) is 13.7. The van der Waals surface area contributed by atoms with Crippen LogP contribution >= 0.6 is 11.8 Å². The van der Waals surface area contributed by atoms with Gasteiger partial charge in [0.25, 0.3) is 5.91 Å². The van der Waals surface area contributed by atoms with Gasteiger partial charge in [0, 0.05) is 38.3 Å². The number of halogens is 3. The Morgan fingerprint density at radius 1 is 1.24 bits per heavy atom. The summed E-state index contributed by atoms with van der Waals surface area (Å²) in [6, 6.07) is 1.44. The first-order chi connectivity index (χ1) is 15.5. The lowest BCUT2D eigenvalue weighted by Gasteiger charge is -2.27. The molecular formula is C19H29F3N6O4S. The van der Waals surface area contributed by atoms with Crippen molar-refractivity contribution in [3.05, 3.63) is 17.3 Å². The molecule has 0 saturated carbocycles. The Morgan fingerprint density at radius 3 is 2.36 bits per heavy atom. The largest absolute Gasteiger partial charge is 0.490 e. The molecule has 0 radical (unpaired) electrons. The average Bonchev–Trinajstić information content (AvgIpc) is 2.76. The number of hydrogen-bond donors (Lipinski definition) is 4. The minimum atomic E-state index is -5.08. The summed E-state index contributed by atoms with van der Waals surface area (Å²) in [4.78, 5) is 35.3. The number of nitrogens with zero attached hydrogens (tertiary/aromatic N) is 3. The van der Waals surface area contributed by atoms with Crippen molar-refractivity contribution in [2.24, 2.45) is 0 Å². The van der Waals surface area contributed by atoms with E-state index in [1.54, 1.807) is 22.7 Å². The fraction of sp³-hybridized carbons (Fsp3) is 0.632. The summed E-state index contributed by atoms with van der Waals surface area (Å²) in [5, 5.41) is 24.1. The van der Waals surface area contributed by atoms with Crippen LogP contribution in [0, 0.1) is 0 Å². The summed E-state index contributed by atoms with van der Waals surface area (Å²) in [5.74, 6) is -1.37. The number of carbonyl (C=O) groups is 3. The number of anilines is 1. The first-order valence-electron chi connectivity index (χ1n) is 10.2. The van der Waals surface area contributed by atoms with E-state index in [0.29, 0.717) is 31.1 Å². The van der Waals surface area contributed by atoms with E-state index in [1.807, 2.05) is 20.1 Å². The summed E-state index contributed by atoms with van der Waals surface area (Å²) in [7, 11) is 0. The van der Waals surface area contributed by atoms with Gasteiger partial charge in [0.2, 0.25) is 0 Å². The van der Waals surface area contributed by atoms with Crippen LogP contribution in [0.1, 0.15) is 42.2 Å². The highest BCUT2D eigenvalue weighted by atomic mass is 32.2. The van der Waals surface area contributed by atoms with E-state index in [2.05, 4.69) is 26.1 Å². The molecule has 186 valence electrons. The molecule has 0 aromatic carbocycles. The van der Waals surface area contributed by atoms with Crippen LogP contribution in [-0.4, -0.2) is 89.0 Å². The number of aliphatic carboxylic acids is 1. The number of nitrogens with one attached hydrogen (secondary N) is 3. The number of hydrogen-bond acceptors (Lipinski definition) is 7. The molecule has 3 amide bonds. The molecule has 4 N–H and O–H groups in total. The van der Waals surface area contributed by atoms with Gasteiger partial charge in [-0.05, 0) is 30.4 Å². The zero-order chi connectivity index (χ0) is 25.0. The van der Waals surface area contributed by atoms with Gasteiger partial charge in [-0.2, -0.15) is 24.9 Å². The highest BCUT2D eigenvalue weighted by Gasteiger charge is 2.38. The molecule has 1 fully saturated rings. The SMILES string of the molecule is CSCCCNC(=O)Nc1nnc(C(=O)N2CCNCC2)cc1C(C)C.O=C(O)C(F)(F)F. The van der Waals surface area contributed by atoms with Crippen LogP contribution in [0.2, 0.25) is 0 Å². The van der Waals surface area contributed by atoms with Crippen LogP contribution in [0.4, 0.5) is 23.8 Å². The van der Waals surface area contributed by atoms with Gasteiger partial charge in [-0.15, -0.1) is 10.2 Å². The van der Waals surface area contributed by atoms with E-state index >= 15 is 0 Å². The van der Waals surface area contributed by atoms with Gasteiger partial charge in [0.05, 0.1) is 0 Å². The molecule has 2 rings (SSSR count). The number of amides is 3. The van der Waals surface area contributed by atoms with E-state index in [0.717, 1.165) is 30.8 Å². The predicted octanol–water partition coefficient (Wildman–Crippen LogP) is 2.15. The van der Waals surface area contributed by atoms with Crippen molar-refractivity contribution in [3.63, 3.8) is 0 Å². The summed E-state index contributed by atoms with van der Waals surface area (Å²) in [6.07, 6.45) is -2.14. The quantitative estimate of drug-likeness (QED) is 0.424. The Morgan fingerprint density at radius 2 is 1.85 bits per heavy atom. The Bertz CT molecular complexity index is 804. The zero-order valence-electron chi connectivity index (χ0n) is 18.7. The highest BCUT2D eigenvalue weighted by Crippen LogP contribution is 2.22. The number of urea groups is 1. The second kappa shape index (κ2) is 13.8. The third-order valence-corrected chi connectivity index (χ3v) is 5.05. The number of rotatable bonds is 7. The van der Waals surface area contributed by atoms with Crippen LogP contribution in [0.15, 0.2) is 6.07 Å². The molecule has 10 nitrogen and oxygen atoms in total. The van der Waals surface area contributed by atoms with E-state index < -0.39 is 12.1 Å². The molecule has 0 spiro atoms. The first kappa shape index (κ1) is 28.4. The summed E-state index contributed by atoms with van der Waals surface area (Å²) in [5.41, 5.74) is 1.12. The number of carboxylic acid groups (broad SMARTS) is 1. The molecule has 0 bridgehead atoms. The van der Waals surface area contributed by atoms with Gasteiger partial charge >= 0.3 is 18.2 Å². The molecule has 1 aliphatic heterocycles. The van der Waals surface area contributed by atoms with Crippen molar-refractivity contribution in [2.75, 3.05) is 50.0 Å². The van der Waals surface area contributed by atoms with E-state index in [1.165, 1.54) is 0 Å². The lowest BCUT2D eigenvalue weighted by Crippen LogP contribution is -2.46. The van der Waals surface area contributed by atoms with E-state index in [4.69, 9.17) is 9.90 Å². The van der Waals surface area contributed by atoms with Crippen molar-refractivity contribution in [2.45, 2.75) is 32.4 Å². The standard InChI is InChI=1S/C17H28N6O2S.C2HF3O2/c1-12(2)13-11-14(16(24)23-8-6-18-7-9-23)21-22-15(13)20-17(25)19-5-4-10-26-3;3-2(4,5)1(6)7/h11-12,18H,4-10H2,1-3H3,(H2,19,20,22,25);(H,6,7). The van der Waals surface area contributed by atoms with Crippen molar-refractivity contribution in [1.82, 2.24) is 25.7 Å². The Kier molecular flexibility index (Phi) is 11.9. The molecule has 1 aromatic rings. The summed E-state index contributed by atoms with van der Waals surface area (Å²) in [6.45, 7) is 7.50. The number of carboxylic acids is 1. The van der Waals surface area contributed by atoms with Gasteiger partial charge in [-0.3, -0.25) is 10.1 Å². The topological polar surface area (TPSA) is 137 Å². The highest BCUT2D eigenvalue weighted by molar-refractivity contribution is 7.98. The summed E-state index contributed by atoms with van der Waals surface area (Å²) < 4.78 is 31.7. The molecule has 1 saturated heterocycles. The summed E-state index contributed by atoms with van der Waals surface area (Å²) >= 11 is 1.75. The molecule has 33 heavy (non-hydrogen) atoms. The van der Waals surface area contributed by atoms with Crippen molar-refractivity contribution >= 4 is 35.5 Å². The monoisotopic (exact) mass is 494 g/mol. The zero-order valence-corrected chi connectivity index (χ0v) is 19.5. The van der Waals surface area contributed by atoms with Crippen molar-refractivity contribution in [1.29, 1.82) is 0 Å². The lowest BCUT2D eigenvalue weighted by molar-refractivity contribution is -0.192. The molecular weight excluding hydrogens is 465 g/mol. The maximum Gasteiger partial charge on any atom is 0.490 e. The van der Waals surface area contributed by atoms with E-state index in [9.17, 15) is 22.8 Å². The van der Waals surface area contributed by atoms with Gasteiger partial charge in [-0.25, -0.2) is 9.59 Å². The van der Waals surface area contributed by atoms with Crippen LogP contribution in [-0.2, 0) is 4.79 Å². The van der Waals surface area contributed by atoms with Crippen LogP contribution in [0.3, 0.4) is 0 Å². The predicted molar refractivity (Wildman–Crippen MR) is 119 cm³/mol. The maximum atomic E-state index is 12.6. The maximum absolute atomic E-state index is 12.6. The van der Waals surface area contributed by atoms with Gasteiger partial charge in [0.1, 0.15) is 0 Å².